The quantitative estimate of drug-likeness (QED) is 0.619. The highest BCUT2D eigenvalue weighted by atomic mass is 19.1. The first kappa shape index (κ1) is 15.5. The second-order valence-electron chi connectivity index (χ2n) is 5.12. The molecule has 21 heavy (non-hydrogen) atoms. The van der Waals surface area contributed by atoms with Gasteiger partial charge in [-0.05, 0) is 49.4 Å². The van der Waals surface area contributed by atoms with Crippen molar-refractivity contribution in [2.45, 2.75) is 19.4 Å². The van der Waals surface area contributed by atoms with Gasteiger partial charge in [-0.3, -0.25) is 0 Å². The van der Waals surface area contributed by atoms with Crippen molar-refractivity contribution in [3.8, 4) is 5.75 Å². The summed E-state index contributed by atoms with van der Waals surface area (Å²) in [4.78, 5) is 11.5. The molecule has 0 aliphatic heterocycles. The number of hydrogen-bond acceptors (Lipinski definition) is 4. The third-order valence-corrected chi connectivity index (χ3v) is 3.56. The van der Waals surface area contributed by atoms with Crippen molar-refractivity contribution in [3.63, 3.8) is 0 Å². The lowest BCUT2D eigenvalue weighted by atomic mass is 10.1. The number of esters is 1. The minimum atomic E-state index is -0.897. The van der Waals surface area contributed by atoms with Gasteiger partial charge in [0, 0.05) is 0 Å². The van der Waals surface area contributed by atoms with Crippen LogP contribution in [0.3, 0.4) is 0 Å². The highest BCUT2D eigenvalue weighted by Gasteiger charge is 2.45. The van der Waals surface area contributed by atoms with Crippen LogP contribution in [0, 0.1) is 17.7 Å². The molecule has 0 saturated heterocycles. The first-order valence-corrected chi connectivity index (χ1v) is 6.95. The van der Waals surface area contributed by atoms with Crippen molar-refractivity contribution in [2.24, 2.45) is 11.8 Å². The summed E-state index contributed by atoms with van der Waals surface area (Å²) in [5, 5.41) is 10.1. The molecule has 1 aliphatic carbocycles. The van der Waals surface area contributed by atoms with E-state index in [0.717, 1.165) is 6.42 Å². The fourth-order valence-electron chi connectivity index (χ4n) is 2.19. The Labute approximate surface area is 123 Å². The number of benzene rings is 1. The molecule has 0 spiro atoms. The Kier molecular flexibility index (Phi) is 4.96. The normalized spacial score (nSPS) is 21.5. The molecular formula is C16H19FO4. The maximum atomic E-state index is 12.8. The summed E-state index contributed by atoms with van der Waals surface area (Å²) in [6.45, 7) is 5.97. The van der Waals surface area contributed by atoms with Gasteiger partial charge in [0.1, 0.15) is 11.6 Å². The van der Waals surface area contributed by atoms with Crippen molar-refractivity contribution in [1.29, 1.82) is 0 Å². The molecule has 0 aromatic heterocycles. The van der Waals surface area contributed by atoms with Crippen LogP contribution in [0.2, 0.25) is 0 Å². The summed E-state index contributed by atoms with van der Waals surface area (Å²) in [5.74, 6) is -0.165. The van der Waals surface area contributed by atoms with Crippen LogP contribution in [0.5, 0.6) is 5.75 Å². The van der Waals surface area contributed by atoms with Crippen LogP contribution in [-0.2, 0) is 9.53 Å². The van der Waals surface area contributed by atoms with E-state index in [1.165, 1.54) is 12.1 Å². The predicted molar refractivity (Wildman–Crippen MR) is 75.3 cm³/mol. The lowest BCUT2D eigenvalue weighted by Crippen LogP contribution is -2.22. The van der Waals surface area contributed by atoms with Crippen LogP contribution in [0.1, 0.15) is 13.3 Å². The van der Waals surface area contributed by atoms with Gasteiger partial charge < -0.3 is 14.6 Å². The van der Waals surface area contributed by atoms with Gasteiger partial charge in [-0.2, -0.15) is 0 Å². The molecule has 4 nitrogen and oxygen atoms in total. The molecule has 1 aromatic rings. The number of hydrogen-bond donors (Lipinski definition) is 1. The van der Waals surface area contributed by atoms with Gasteiger partial charge >= 0.3 is 5.97 Å². The average molecular weight is 294 g/mol. The van der Waals surface area contributed by atoms with Crippen molar-refractivity contribution >= 4 is 5.97 Å². The molecule has 1 N–H and O–H groups in total. The summed E-state index contributed by atoms with van der Waals surface area (Å²) in [5.41, 5.74) is 0.0890. The first-order chi connectivity index (χ1) is 10.0. The number of ether oxygens (including phenoxy) is 2. The van der Waals surface area contributed by atoms with E-state index in [0.29, 0.717) is 12.4 Å². The number of rotatable bonds is 7. The van der Waals surface area contributed by atoms with E-state index in [-0.39, 0.29) is 29.8 Å². The number of aliphatic hydroxyl groups excluding tert-OH is 1. The van der Waals surface area contributed by atoms with Crippen molar-refractivity contribution in [2.75, 3.05) is 13.2 Å². The second-order valence-corrected chi connectivity index (χ2v) is 5.12. The molecule has 1 aliphatic rings. The Bertz CT molecular complexity index is 512. The van der Waals surface area contributed by atoms with Crippen LogP contribution >= 0.6 is 0 Å². The van der Waals surface area contributed by atoms with Gasteiger partial charge in [0.05, 0.1) is 24.9 Å². The van der Waals surface area contributed by atoms with Crippen molar-refractivity contribution in [1.82, 2.24) is 0 Å². The van der Waals surface area contributed by atoms with Crippen LogP contribution in [-0.4, -0.2) is 30.4 Å². The third-order valence-electron chi connectivity index (χ3n) is 3.56. The second kappa shape index (κ2) is 6.72. The minimum absolute atomic E-state index is 0.0395. The molecule has 0 radical (unpaired) electrons. The zero-order valence-electron chi connectivity index (χ0n) is 11.9. The van der Waals surface area contributed by atoms with Gasteiger partial charge in [0.25, 0.3) is 0 Å². The van der Waals surface area contributed by atoms with E-state index in [1.807, 2.05) is 0 Å². The number of aliphatic hydroxyl groups is 1. The summed E-state index contributed by atoms with van der Waals surface area (Å²) in [6, 6.07) is 5.77. The Morgan fingerprint density at radius 1 is 1.48 bits per heavy atom. The lowest BCUT2D eigenvalue weighted by molar-refractivity contribution is -0.139. The summed E-state index contributed by atoms with van der Waals surface area (Å²) >= 11 is 0. The van der Waals surface area contributed by atoms with E-state index < -0.39 is 12.1 Å². The zero-order valence-corrected chi connectivity index (χ0v) is 11.9. The predicted octanol–water partition coefficient (Wildman–Crippen LogP) is 2.32. The van der Waals surface area contributed by atoms with Crippen LogP contribution in [0.25, 0.3) is 0 Å². The molecule has 5 heteroatoms. The standard InChI is InChI=1S/C16H19FO4/c1-3-20-16(19)10(2)15(18)14-8-11(14)9-21-13-6-4-12(17)5-7-13/h4-7,11,14-15,18H,2-3,8-9H2,1H3/t11-,14+,15-/m0/s1. The van der Waals surface area contributed by atoms with Gasteiger partial charge in [-0.15, -0.1) is 0 Å². The molecule has 3 atom stereocenters. The van der Waals surface area contributed by atoms with Crippen molar-refractivity contribution in [3.05, 3.63) is 42.2 Å². The maximum Gasteiger partial charge on any atom is 0.336 e. The number of halogens is 1. The maximum absolute atomic E-state index is 12.8. The molecule has 0 bridgehead atoms. The van der Waals surface area contributed by atoms with E-state index in [2.05, 4.69) is 6.58 Å². The highest BCUT2D eigenvalue weighted by molar-refractivity contribution is 5.88. The summed E-state index contributed by atoms with van der Waals surface area (Å²) in [7, 11) is 0. The summed E-state index contributed by atoms with van der Waals surface area (Å²) < 4.78 is 23.1. The largest absolute Gasteiger partial charge is 0.493 e. The highest BCUT2D eigenvalue weighted by Crippen LogP contribution is 2.43. The molecule has 1 fully saturated rings. The molecule has 1 saturated carbocycles. The van der Waals surface area contributed by atoms with E-state index >= 15 is 0 Å². The SMILES string of the molecule is C=C(C(=O)OCC)[C@H](O)[C@@H]1C[C@H]1COc1ccc(F)cc1. The van der Waals surface area contributed by atoms with Gasteiger partial charge in [-0.25, -0.2) is 9.18 Å². The van der Waals surface area contributed by atoms with Gasteiger partial charge in [-0.1, -0.05) is 6.58 Å². The Morgan fingerprint density at radius 2 is 2.14 bits per heavy atom. The van der Waals surface area contributed by atoms with E-state index in [4.69, 9.17) is 9.47 Å². The number of carbonyl (C=O) groups is 1. The Balaban J connectivity index is 1.77. The smallest absolute Gasteiger partial charge is 0.336 e. The zero-order chi connectivity index (χ0) is 15.4. The Morgan fingerprint density at radius 3 is 2.76 bits per heavy atom. The van der Waals surface area contributed by atoms with Crippen LogP contribution < -0.4 is 4.74 Å². The first-order valence-electron chi connectivity index (χ1n) is 6.95. The molecule has 2 rings (SSSR count). The van der Waals surface area contributed by atoms with E-state index in [9.17, 15) is 14.3 Å². The molecule has 0 heterocycles. The minimum Gasteiger partial charge on any atom is -0.493 e. The monoisotopic (exact) mass is 294 g/mol. The van der Waals surface area contributed by atoms with Gasteiger partial charge in [0.15, 0.2) is 0 Å². The Hall–Kier alpha value is -1.88. The molecule has 0 unspecified atom stereocenters. The topological polar surface area (TPSA) is 55.8 Å². The molecule has 1 aromatic carbocycles. The summed E-state index contributed by atoms with van der Waals surface area (Å²) in [6.07, 6.45) is -0.133. The van der Waals surface area contributed by atoms with Crippen LogP contribution in [0.4, 0.5) is 4.39 Å². The van der Waals surface area contributed by atoms with Gasteiger partial charge in [0.2, 0.25) is 0 Å². The lowest BCUT2D eigenvalue weighted by Gasteiger charge is -2.13. The molecular weight excluding hydrogens is 275 g/mol. The van der Waals surface area contributed by atoms with E-state index in [1.54, 1.807) is 19.1 Å². The third kappa shape index (κ3) is 4.04. The number of carbonyl (C=O) groups excluding carboxylic acids is 1. The average Bonchev–Trinajstić information content (AvgIpc) is 3.25. The molecule has 114 valence electrons. The fourth-order valence-corrected chi connectivity index (χ4v) is 2.19. The van der Waals surface area contributed by atoms with Crippen molar-refractivity contribution < 1.29 is 23.8 Å². The van der Waals surface area contributed by atoms with Crippen LogP contribution in [0.15, 0.2) is 36.4 Å². The fraction of sp³-hybridized carbons (Fsp3) is 0.438. The molecule has 0 amide bonds.